The molecule has 0 bridgehead atoms. The van der Waals surface area contributed by atoms with E-state index in [2.05, 4.69) is 15.4 Å². The summed E-state index contributed by atoms with van der Waals surface area (Å²) in [6.07, 6.45) is 0.806. The molecule has 0 aliphatic rings. The number of carbonyl (C=O) groups excluding carboxylic acids is 2. The second kappa shape index (κ2) is 9.90. The predicted octanol–water partition coefficient (Wildman–Crippen LogP) is 3.88. The molecule has 3 rings (SSSR count). The molecule has 2 amide bonds. The van der Waals surface area contributed by atoms with Crippen LogP contribution in [0.25, 0.3) is 0 Å². The average Bonchev–Trinajstić information content (AvgIpc) is 2.78. The minimum Gasteiger partial charge on any atom is -0.352 e. The molecule has 0 aliphatic heterocycles. The molecule has 0 radical (unpaired) electrons. The standard InChI is InChI=1S/C23H23N3O4S/c1-2-16-24-23(28)20-10-6-7-11-21(20)25-22(27)17-12-14-18(15-13-17)26-31(29,30)19-8-4-3-5-9-19/h3-15,26H,2,16H2,1H3,(H,24,28)(H,25,27). The summed E-state index contributed by atoms with van der Waals surface area (Å²) in [6.45, 7) is 2.50. The number of rotatable bonds is 8. The van der Waals surface area contributed by atoms with Crippen LogP contribution >= 0.6 is 0 Å². The fraction of sp³-hybridized carbons (Fsp3) is 0.130. The number of para-hydroxylation sites is 1. The van der Waals surface area contributed by atoms with Crippen LogP contribution in [0.15, 0.2) is 83.8 Å². The maximum Gasteiger partial charge on any atom is 0.261 e. The maximum absolute atomic E-state index is 12.6. The zero-order chi connectivity index (χ0) is 22.3. The zero-order valence-corrected chi connectivity index (χ0v) is 17.8. The average molecular weight is 438 g/mol. The number of amides is 2. The van der Waals surface area contributed by atoms with Gasteiger partial charge in [-0.2, -0.15) is 0 Å². The lowest BCUT2D eigenvalue weighted by Crippen LogP contribution is -2.25. The highest BCUT2D eigenvalue weighted by Gasteiger charge is 2.15. The predicted molar refractivity (Wildman–Crippen MR) is 121 cm³/mol. The van der Waals surface area contributed by atoms with Crippen molar-refractivity contribution in [2.75, 3.05) is 16.6 Å². The zero-order valence-electron chi connectivity index (χ0n) is 17.0. The van der Waals surface area contributed by atoms with E-state index in [1.54, 1.807) is 42.5 Å². The molecule has 0 spiro atoms. The fourth-order valence-electron chi connectivity index (χ4n) is 2.82. The molecule has 3 N–H and O–H groups in total. The Balaban J connectivity index is 1.71. The lowest BCUT2D eigenvalue weighted by molar-refractivity contribution is 0.0954. The summed E-state index contributed by atoms with van der Waals surface area (Å²) in [5.74, 6) is -0.670. The summed E-state index contributed by atoms with van der Waals surface area (Å²) < 4.78 is 27.3. The van der Waals surface area contributed by atoms with Crippen molar-refractivity contribution in [3.8, 4) is 0 Å². The van der Waals surface area contributed by atoms with Gasteiger partial charge in [-0.05, 0) is 55.0 Å². The van der Waals surface area contributed by atoms with E-state index in [1.165, 1.54) is 36.4 Å². The van der Waals surface area contributed by atoms with Gasteiger partial charge in [0.05, 0.1) is 16.1 Å². The van der Waals surface area contributed by atoms with Gasteiger partial charge < -0.3 is 10.6 Å². The first-order valence-corrected chi connectivity index (χ1v) is 11.3. The minimum atomic E-state index is -3.71. The van der Waals surface area contributed by atoms with Crippen LogP contribution < -0.4 is 15.4 Å². The second-order valence-corrected chi connectivity index (χ2v) is 8.43. The molecule has 0 fully saturated rings. The van der Waals surface area contributed by atoms with Crippen molar-refractivity contribution in [3.63, 3.8) is 0 Å². The summed E-state index contributed by atoms with van der Waals surface area (Å²) >= 11 is 0. The smallest absolute Gasteiger partial charge is 0.261 e. The van der Waals surface area contributed by atoms with Gasteiger partial charge in [-0.25, -0.2) is 8.42 Å². The summed E-state index contributed by atoms with van der Waals surface area (Å²) in [7, 11) is -3.71. The molecule has 3 aromatic rings. The van der Waals surface area contributed by atoms with Crippen molar-refractivity contribution >= 4 is 33.2 Å². The molecule has 0 saturated carbocycles. The molecule has 0 heterocycles. The Bertz CT molecular complexity index is 1160. The molecular weight excluding hydrogens is 414 g/mol. The number of anilines is 2. The number of nitrogens with one attached hydrogen (secondary N) is 3. The quantitative estimate of drug-likeness (QED) is 0.497. The molecule has 0 saturated heterocycles. The van der Waals surface area contributed by atoms with Gasteiger partial charge in [-0.1, -0.05) is 37.3 Å². The Labute approximate surface area is 181 Å². The summed E-state index contributed by atoms with van der Waals surface area (Å²) in [5.41, 5.74) is 1.43. The van der Waals surface area contributed by atoms with E-state index < -0.39 is 15.9 Å². The van der Waals surface area contributed by atoms with Crippen LogP contribution in [0.4, 0.5) is 11.4 Å². The first-order chi connectivity index (χ1) is 14.9. The van der Waals surface area contributed by atoms with E-state index in [1.807, 2.05) is 6.92 Å². The van der Waals surface area contributed by atoms with E-state index >= 15 is 0 Å². The monoisotopic (exact) mass is 437 g/mol. The van der Waals surface area contributed by atoms with Gasteiger partial charge in [-0.15, -0.1) is 0 Å². The van der Waals surface area contributed by atoms with E-state index in [4.69, 9.17) is 0 Å². The Hall–Kier alpha value is -3.65. The molecule has 0 unspecified atom stereocenters. The van der Waals surface area contributed by atoms with Crippen LogP contribution in [0.1, 0.15) is 34.1 Å². The number of sulfonamides is 1. The van der Waals surface area contributed by atoms with Crippen molar-refractivity contribution in [3.05, 3.63) is 90.0 Å². The minimum absolute atomic E-state index is 0.148. The van der Waals surface area contributed by atoms with Crippen molar-refractivity contribution in [1.82, 2.24) is 5.32 Å². The molecule has 7 nitrogen and oxygen atoms in total. The van der Waals surface area contributed by atoms with E-state index in [0.717, 1.165) is 6.42 Å². The Kier molecular flexibility index (Phi) is 7.04. The number of hydrogen-bond donors (Lipinski definition) is 3. The van der Waals surface area contributed by atoms with E-state index in [0.29, 0.717) is 29.0 Å². The lowest BCUT2D eigenvalue weighted by Gasteiger charge is -2.12. The number of benzene rings is 3. The van der Waals surface area contributed by atoms with Crippen molar-refractivity contribution in [2.45, 2.75) is 18.2 Å². The molecular formula is C23H23N3O4S. The first-order valence-electron chi connectivity index (χ1n) is 9.77. The summed E-state index contributed by atoms with van der Waals surface area (Å²) in [6, 6.07) is 20.8. The van der Waals surface area contributed by atoms with Gasteiger partial charge in [0.25, 0.3) is 21.8 Å². The van der Waals surface area contributed by atoms with Gasteiger partial charge in [0.2, 0.25) is 0 Å². The van der Waals surface area contributed by atoms with Crippen molar-refractivity contribution in [1.29, 1.82) is 0 Å². The molecule has 3 aromatic carbocycles. The highest BCUT2D eigenvalue weighted by atomic mass is 32.2. The molecule has 8 heteroatoms. The second-order valence-electron chi connectivity index (χ2n) is 6.75. The van der Waals surface area contributed by atoms with E-state index in [9.17, 15) is 18.0 Å². The third-order valence-corrected chi connectivity index (χ3v) is 5.81. The van der Waals surface area contributed by atoms with Gasteiger partial charge in [0.15, 0.2) is 0 Å². The number of carbonyl (C=O) groups is 2. The van der Waals surface area contributed by atoms with Crippen molar-refractivity contribution in [2.24, 2.45) is 0 Å². The van der Waals surface area contributed by atoms with Gasteiger partial charge in [0, 0.05) is 17.8 Å². The van der Waals surface area contributed by atoms with Crippen molar-refractivity contribution < 1.29 is 18.0 Å². The Morgan fingerprint density at radius 2 is 1.45 bits per heavy atom. The van der Waals surface area contributed by atoms with Crippen LogP contribution in [0.2, 0.25) is 0 Å². The molecule has 31 heavy (non-hydrogen) atoms. The largest absolute Gasteiger partial charge is 0.352 e. The highest BCUT2D eigenvalue weighted by Crippen LogP contribution is 2.19. The van der Waals surface area contributed by atoms with Gasteiger partial charge >= 0.3 is 0 Å². The summed E-state index contributed by atoms with van der Waals surface area (Å²) in [4.78, 5) is 25.1. The van der Waals surface area contributed by atoms with Crippen LogP contribution in [-0.4, -0.2) is 26.8 Å². The number of hydrogen-bond acceptors (Lipinski definition) is 4. The normalized spacial score (nSPS) is 10.9. The molecule has 160 valence electrons. The molecule has 0 aromatic heterocycles. The van der Waals surface area contributed by atoms with Crippen LogP contribution in [-0.2, 0) is 10.0 Å². The molecule has 0 atom stereocenters. The van der Waals surface area contributed by atoms with Gasteiger partial charge in [0.1, 0.15) is 0 Å². The third kappa shape index (κ3) is 5.70. The molecule has 0 aliphatic carbocycles. The first kappa shape index (κ1) is 22.0. The van der Waals surface area contributed by atoms with Crippen LogP contribution in [0.5, 0.6) is 0 Å². The van der Waals surface area contributed by atoms with E-state index in [-0.39, 0.29) is 10.8 Å². The Morgan fingerprint density at radius 1 is 0.806 bits per heavy atom. The lowest BCUT2D eigenvalue weighted by atomic mass is 10.1. The van der Waals surface area contributed by atoms with Crippen LogP contribution in [0, 0.1) is 0 Å². The van der Waals surface area contributed by atoms with Crippen LogP contribution in [0.3, 0.4) is 0 Å². The SMILES string of the molecule is CCCNC(=O)c1ccccc1NC(=O)c1ccc(NS(=O)(=O)c2ccccc2)cc1. The third-order valence-electron chi connectivity index (χ3n) is 4.41. The highest BCUT2D eigenvalue weighted by molar-refractivity contribution is 7.92. The topological polar surface area (TPSA) is 104 Å². The fourth-order valence-corrected chi connectivity index (χ4v) is 3.90. The maximum atomic E-state index is 12.6. The van der Waals surface area contributed by atoms with Gasteiger partial charge in [-0.3, -0.25) is 14.3 Å². The summed E-state index contributed by atoms with van der Waals surface area (Å²) in [5, 5.41) is 5.53. The Morgan fingerprint density at radius 3 is 2.13 bits per heavy atom.